The fourth-order valence-electron chi connectivity index (χ4n) is 2.92. The largest absolute Gasteiger partial charge is 0.481 e. The molecule has 0 aliphatic heterocycles. The van der Waals surface area contributed by atoms with Crippen molar-refractivity contribution < 1.29 is 22.7 Å². The maximum Gasteiger partial charge on any atom is 0.307 e. The number of benzene rings is 2. The minimum absolute atomic E-state index is 0.0531. The highest BCUT2D eigenvalue weighted by Crippen LogP contribution is 2.31. The van der Waals surface area contributed by atoms with Crippen LogP contribution in [0.25, 0.3) is 10.9 Å². The zero-order chi connectivity index (χ0) is 19.1. The number of carboxylic acid groups (broad SMARTS) is 1. The Kier molecular flexibility index (Phi) is 4.26. The number of aliphatic carboxylic acids is 1. The fourth-order valence-corrected chi connectivity index (χ4v) is 4.50. The van der Waals surface area contributed by atoms with Crippen molar-refractivity contribution in [2.75, 3.05) is 0 Å². The van der Waals surface area contributed by atoms with E-state index in [4.69, 9.17) is 10.4 Å². The summed E-state index contributed by atoms with van der Waals surface area (Å²) in [5, 5.41) is 18.2. The summed E-state index contributed by atoms with van der Waals surface area (Å²) in [6.45, 7) is 1.48. The summed E-state index contributed by atoms with van der Waals surface area (Å²) in [7, 11) is -4.06. The Bertz CT molecular complexity index is 1170. The van der Waals surface area contributed by atoms with Crippen LogP contribution in [-0.2, 0) is 21.2 Å². The normalized spacial score (nSPS) is 11.4. The molecule has 0 saturated heterocycles. The first-order valence-electron chi connectivity index (χ1n) is 7.52. The van der Waals surface area contributed by atoms with E-state index in [1.807, 2.05) is 6.07 Å². The predicted molar refractivity (Wildman–Crippen MR) is 91.7 cm³/mol. The minimum atomic E-state index is -4.06. The zero-order valence-electron chi connectivity index (χ0n) is 13.6. The van der Waals surface area contributed by atoms with E-state index in [0.29, 0.717) is 5.56 Å². The SMILES string of the molecule is Cc1c(CC(=O)O)c2cc(F)ccc2n1S(=O)(=O)c1ccc(C#N)cc1. The Morgan fingerprint density at radius 3 is 2.46 bits per heavy atom. The van der Waals surface area contributed by atoms with Gasteiger partial charge in [-0.15, -0.1) is 0 Å². The van der Waals surface area contributed by atoms with Gasteiger partial charge in [0, 0.05) is 11.1 Å². The molecule has 0 amide bonds. The van der Waals surface area contributed by atoms with E-state index >= 15 is 0 Å². The summed E-state index contributed by atoms with van der Waals surface area (Å²) in [6, 6.07) is 10.8. The Balaban J connectivity index is 2.31. The summed E-state index contributed by atoms with van der Waals surface area (Å²) in [6.07, 6.45) is -0.429. The van der Waals surface area contributed by atoms with Crippen molar-refractivity contribution in [1.82, 2.24) is 3.97 Å². The number of aromatic nitrogens is 1. The van der Waals surface area contributed by atoms with Crippen LogP contribution in [-0.4, -0.2) is 23.5 Å². The van der Waals surface area contributed by atoms with Crippen LogP contribution in [0, 0.1) is 24.1 Å². The van der Waals surface area contributed by atoms with E-state index in [-0.39, 0.29) is 27.1 Å². The first kappa shape index (κ1) is 17.6. The van der Waals surface area contributed by atoms with Crippen molar-refractivity contribution in [2.45, 2.75) is 18.2 Å². The van der Waals surface area contributed by atoms with E-state index in [2.05, 4.69) is 0 Å². The van der Waals surface area contributed by atoms with Crippen molar-refractivity contribution in [3.63, 3.8) is 0 Å². The standard InChI is InChI=1S/C18H13FN2O4S/c1-11-15(9-18(22)23)16-8-13(19)4-7-17(16)21(11)26(24,25)14-5-2-12(10-20)3-6-14/h2-8H,9H2,1H3,(H,22,23). The Labute approximate surface area is 148 Å². The van der Waals surface area contributed by atoms with Crippen LogP contribution in [0.15, 0.2) is 47.4 Å². The highest BCUT2D eigenvalue weighted by atomic mass is 32.2. The van der Waals surface area contributed by atoms with Gasteiger partial charge in [-0.1, -0.05) is 0 Å². The van der Waals surface area contributed by atoms with E-state index in [9.17, 15) is 17.6 Å². The Morgan fingerprint density at radius 1 is 1.23 bits per heavy atom. The second kappa shape index (κ2) is 6.28. The number of fused-ring (bicyclic) bond motifs is 1. The third kappa shape index (κ3) is 2.82. The average molecular weight is 372 g/mol. The number of carboxylic acids is 1. The third-order valence-corrected chi connectivity index (χ3v) is 5.91. The smallest absolute Gasteiger partial charge is 0.307 e. The molecule has 1 aromatic heterocycles. The van der Waals surface area contributed by atoms with Crippen LogP contribution in [0.1, 0.15) is 16.8 Å². The summed E-state index contributed by atoms with van der Waals surface area (Å²) in [4.78, 5) is 11.1. The molecule has 2 aromatic carbocycles. The van der Waals surface area contributed by atoms with Gasteiger partial charge in [0.15, 0.2) is 0 Å². The van der Waals surface area contributed by atoms with Gasteiger partial charge in [-0.3, -0.25) is 4.79 Å². The van der Waals surface area contributed by atoms with E-state index < -0.39 is 28.2 Å². The summed E-state index contributed by atoms with van der Waals surface area (Å²) in [5.41, 5.74) is 0.956. The fraction of sp³-hybridized carbons (Fsp3) is 0.111. The molecule has 0 bridgehead atoms. The molecule has 0 radical (unpaired) electrons. The number of rotatable bonds is 4. The van der Waals surface area contributed by atoms with Gasteiger partial charge in [0.1, 0.15) is 5.82 Å². The minimum Gasteiger partial charge on any atom is -0.481 e. The number of halogens is 1. The molecule has 8 heteroatoms. The number of hydrogen-bond acceptors (Lipinski definition) is 4. The van der Waals surface area contributed by atoms with Crippen molar-refractivity contribution >= 4 is 26.9 Å². The molecule has 0 saturated carbocycles. The number of nitriles is 1. The highest BCUT2D eigenvalue weighted by Gasteiger charge is 2.26. The van der Waals surface area contributed by atoms with E-state index in [0.717, 1.165) is 16.1 Å². The first-order chi connectivity index (χ1) is 12.3. The molecule has 3 rings (SSSR count). The summed E-state index contributed by atoms with van der Waals surface area (Å²) < 4.78 is 40.9. The van der Waals surface area contributed by atoms with Gasteiger partial charge in [-0.2, -0.15) is 5.26 Å². The van der Waals surface area contributed by atoms with Gasteiger partial charge in [0.05, 0.1) is 28.5 Å². The number of nitrogens with zero attached hydrogens (tertiary/aromatic N) is 2. The lowest BCUT2D eigenvalue weighted by molar-refractivity contribution is -0.136. The second-order valence-corrected chi connectivity index (χ2v) is 7.49. The number of carbonyl (C=O) groups is 1. The molecular formula is C18H13FN2O4S. The number of hydrogen-bond donors (Lipinski definition) is 1. The Morgan fingerprint density at radius 2 is 1.88 bits per heavy atom. The molecule has 0 fully saturated rings. The van der Waals surface area contributed by atoms with Crippen LogP contribution in [0.3, 0.4) is 0 Å². The molecule has 1 heterocycles. The van der Waals surface area contributed by atoms with Gasteiger partial charge < -0.3 is 5.11 Å². The monoisotopic (exact) mass is 372 g/mol. The van der Waals surface area contributed by atoms with E-state index in [1.54, 1.807) is 0 Å². The maximum atomic E-state index is 13.7. The van der Waals surface area contributed by atoms with Gasteiger partial charge in [-0.05, 0) is 55.0 Å². The molecule has 0 unspecified atom stereocenters. The van der Waals surface area contributed by atoms with Crippen LogP contribution >= 0.6 is 0 Å². The molecule has 3 aromatic rings. The van der Waals surface area contributed by atoms with Crippen molar-refractivity contribution in [1.29, 1.82) is 5.26 Å². The van der Waals surface area contributed by atoms with E-state index in [1.165, 1.54) is 37.3 Å². The zero-order valence-corrected chi connectivity index (χ0v) is 14.4. The third-order valence-electron chi connectivity index (χ3n) is 4.09. The molecule has 0 spiro atoms. The highest BCUT2D eigenvalue weighted by molar-refractivity contribution is 7.90. The lowest BCUT2D eigenvalue weighted by Gasteiger charge is -2.10. The lowest BCUT2D eigenvalue weighted by atomic mass is 10.1. The van der Waals surface area contributed by atoms with Crippen LogP contribution in [0.5, 0.6) is 0 Å². The van der Waals surface area contributed by atoms with Crippen molar-refractivity contribution in [3.05, 3.63) is 65.1 Å². The average Bonchev–Trinajstić information content (AvgIpc) is 2.86. The van der Waals surface area contributed by atoms with Crippen molar-refractivity contribution in [2.24, 2.45) is 0 Å². The predicted octanol–water partition coefficient (Wildman–Crippen LogP) is 2.82. The molecule has 0 atom stereocenters. The molecule has 0 aliphatic rings. The molecule has 1 N–H and O–H groups in total. The molecule has 132 valence electrons. The summed E-state index contributed by atoms with van der Waals surface area (Å²) in [5.74, 6) is -1.73. The Hall–Kier alpha value is -3.18. The van der Waals surface area contributed by atoms with Crippen molar-refractivity contribution in [3.8, 4) is 6.07 Å². The maximum absolute atomic E-state index is 13.7. The van der Waals surface area contributed by atoms with Gasteiger partial charge in [-0.25, -0.2) is 16.8 Å². The van der Waals surface area contributed by atoms with Gasteiger partial charge in [0.2, 0.25) is 0 Å². The summed E-state index contributed by atoms with van der Waals surface area (Å²) >= 11 is 0. The lowest BCUT2D eigenvalue weighted by Crippen LogP contribution is -2.15. The van der Waals surface area contributed by atoms with Crippen LogP contribution < -0.4 is 0 Å². The molecule has 26 heavy (non-hydrogen) atoms. The van der Waals surface area contributed by atoms with Gasteiger partial charge in [0.25, 0.3) is 10.0 Å². The van der Waals surface area contributed by atoms with Crippen LogP contribution in [0.2, 0.25) is 0 Å². The molecule has 0 aliphatic carbocycles. The van der Waals surface area contributed by atoms with Crippen LogP contribution in [0.4, 0.5) is 4.39 Å². The second-order valence-electron chi connectivity index (χ2n) is 5.70. The quantitative estimate of drug-likeness (QED) is 0.759. The topological polar surface area (TPSA) is 100 Å². The molecular weight excluding hydrogens is 359 g/mol. The molecule has 6 nitrogen and oxygen atoms in total. The van der Waals surface area contributed by atoms with Gasteiger partial charge >= 0.3 is 5.97 Å². The first-order valence-corrected chi connectivity index (χ1v) is 8.96.